The third kappa shape index (κ3) is 3.15. The van der Waals surface area contributed by atoms with Gasteiger partial charge in [-0.25, -0.2) is 9.07 Å². The third-order valence-electron chi connectivity index (χ3n) is 4.20. The predicted molar refractivity (Wildman–Crippen MR) is 85.7 cm³/mol. The molecule has 126 valence electrons. The van der Waals surface area contributed by atoms with Crippen LogP contribution in [0.2, 0.25) is 0 Å². The SMILES string of the molecule is COc1ccc(C(=O)NC2CCc3nn(C)c(=O)cc3C2)cc1F. The van der Waals surface area contributed by atoms with E-state index in [2.05, 4.69) is 10.4 Å². The summed E-state index contributed by atoms with van der Waals surface area (Å²) < 4.78 is 19.9. The summed E-state index contributed by atoms with van der Waals surface area (Å²) in [6.07, 6.45) is 1.96. The molecule has 1 unspecified atom stereocenters. The van der Waals surface area contributed by atoms with Gasteiger partial charge >= 0.3 is 0 Å². The molecule has 1 aromatic heterocycles. The molecule has 1 amide bonds. The first kappa shape index (κ1) is 16.2. The molecule has 0 fully saturated rings. The second-order valence-electron chi connectivity index (χ2n) is 5.84. The van der Waals surface area contributed by atoms with Gasteiger partial charge in [0.05, 0.1) is 12.8 Å². The lowest BCUT2D eigenvalue weighted by molar-refractivity contribution is 0.0933. The number of carbonyl (C=O) groups is 1. The molecule has 2 aromatic rings. The van der Waals surface area contributed by atoms with Crippen molar-refractivity contribution in [3.05, 3.63) is 57.3 Å². The zero-order valence-corrected chi connectivity index (χ0v) is 13.5. The standard InChI is InChI=1S/C17H18FN3O3/c1-21-16(22)9-11-7-12(4-5-14(11)20-21)19-17(23)10-3-6-15(24-2)13(18)8-10/h3,6,8-9,12H,4-5,7H2,1-2H3,(H,19,23). The van der Waals surface area contributed by atoms with Crippen molar-refractivity contribution in [2.24, 2.45) is 7.05 Å². The number of aryl methyl sites for hydroxylation is 2. The van der Waals surface area contributed by atoms with Crippen LogP contribution in [0.3, 0.4) is 0 Å². The molecule has 1 N–H and O–H groups in total. The van der Waals surface area contributed by atoms with Crippen molar-refractivity contribution in [1.29, 1.82) is 0 Å². The average Bonchev–Trinajstić information content (AvgIpc) is 2.56. The van der Waals surface area contributed by atoms with E-state index in [1.165, 1.54) is 23.9 Å². The molecule has 0 aliphatic heterocycles. The zero-order valence-electron chi connectivity index (χ0n) is 13.5. The Morgan fingerprint density at radius 3 is 2.92 bits per heavy atom. The normalized spacial score (nSPS) is 16.4. The maximum atomic E-state index is 13.7. The van der Waals surface area contributed by atoms with Crippen LogP contribution in [0.4, 0.5) is 4.39 Å². The van der Waals surface area contributed by atoms with Crippen LogP contribution in [0.15, 0.2) is 29.1 Å². The van der Waals surface area contributed by atoms with Crippen LogP contribution in [0.5, 0.6) is 5.75 Å². The topological polar surface area (TPSA) is 73.2 Å². The number of methoxy groups -OCH3 is 1. The lowest BCUT2D eigenvalue weighted by atomic mass is 9.92. The van der Waals surface area contributed by atoms with Crippen molar-refractivity contribution in [2.75, 3.05) is 7.11 Å². The Labute approximate surface area is 138 Å². The number of hydrogen-bond donors (Lipinski definition) is 1. The highest BCUT2D eigenvalue weighted by atomic mass is 19.1. The van der Waals surface area contributed by atoms with E-state index >= 15 is 0 Å². The maximum absolute atomic E-state index is 13.7. The van der Waals surface area contributed by atoms with Crippen molar-refractivity contribution in [3.63, 3.8) is 0 Å². The highest BCUT2D eigenvalue weighted by Gasteiger charge is 2.23. The van der Waals surface area contributed by atoms with Crippen LogP contribution in [-0.4, -0.2) is 28.8 Å². The van der Waals surface area contributed by atoms with E-state index in [1.54, 1.807) is 13.1 Å². The summed E-state index contributed by atoms with van der Waals surface area (Å²) in [4.78, 5) is 24.0. The highest BCUT2D eigenvalue weighted by molar-refractivity contribution is 5.94. The smallest absolute Gasteiger partial charge is 0.266 e. The summed E-state index contributed by atoms with van der Waals surface area (Å²) in [5.74, 6) is -0.825. The number of amides is 1. The van der Waals surface area contributed by atoms with E-state index in [0.29, 0.717) is 12.8 Å². The van der Waals surface area contributed by atoms with E-state index < -0.39 is 5.82 Å². The summed E-state index contributed by atoms with van der Waals surface area (Å²) in [5, 5.41) is 7.14. The minimum atomic E-state index is -0.577. The van der Waals surface area contributed by atoms with Crippen LogP contribution in [-0.2, 0) is 19.9 Å². The summed E-state index contributed by atoms with van der Waals surface area (Å²) in [6.45, 7) is 0. The Bertz CT molecular complexity index is 847. The van der Waals surface area contributed by atoms with Gasteiger partial charge in [-0.05, 0) is 43.0 Å². The number of hydrogen-bond acceptors (Lipinski definition) is 4. The Morgan fingerprint density at radius 2 is 2.21 bits per heavy atom. The van der Waals surface area contributed by atoms with Gasteiger partial charge in [-0.15, -0.1) is 0 Å². The number of halogens is 1. The van der Waals surface area contributed by atoms with Gasteiger partial charge in [0.2, 0.25) is 0 Å². The second-order valence-corrected chi connectivity index (χ2v) is 5.84. The Hall–Kier alpha value is -2.70. The van der Waals surface area contributed by atoms with Crippen LogP contribution in [0.1, 0.15) is 28.0 Å². The number of benzene rings is 1. The molecule has 1 aliphatic rings. The van der Waals surface area contributed by atoms with Gasteiger partial charge in [0.1, 0.15) is 0 Å². The molecule has 1 heterocycles. The lowest BCUT2D eigenvalue weighted by Gasteiger charge is -2.25. The molecule has 7 heteroatoms. The van der Waals surface area contributed by atoms with Crippen LogP contribution in [0, 0.1) is 5.82 Å². The number of ether oxygens (including phenoxy) is 1. The molecule has 3 rings (SSSR count). The minimum Gasteiger partial charge on any atom is -0.494 e. The molecule has 0 saturated heterocycles. The maximum Gasteiger partial charge on any atom is 0.266 e. The van der Waals surface area contributed by atoms with Gasteiger partial charge in [0.25, 0.3) is 11.5 Å². The van der Waals surface area contributed by atoms with Crippen LogP contribution >= 0.6 is 0 Å². The third-order valence-corrected chi connectivity index (χ3v) is 4.20. The highest BCUT2D eigenvalue weighted by Crippen LogP contribution is 2.20. The zero-order chi connectivity index (χ0) is 17.3. The van der Waals surface area contributed by atoms with Crippen molar-refractivity contribution in [2.45, 2.75) is 25.3 Å². The summed E-state index contributed by atoms with van der Waals surface area (Å²) >= 11 is 0. The number of aromatic nitrogens is 2. The second kappa shape index (κ2) is 6.43. The van der Waals surface area contributed by atoms with E-state index in [9.17, 15) is 14.0 Å². The molecule has 1 aromatic carbocycles. The minimum absolute atomic E-state index is 0.0973. The predicted octanol–water partition coefficient (Wildman–Crippen LogP) is 1.22. The van der Waals surface area contributed by atoms with Crippen molar-refractivity contribution in [1.82, 2.24) is 15.1 Å². The Kier molecular flexibility index (Phi) is 4.33. The largest absolute Gasteiger partial charge is 0.494 e. The van der Waals surface area contributed by atoms with Crippen molar-refractivity contribution < 1.29 is 13.9 Å². The number of nitrogens with zero attached hydrogens (tertiary/aromatic N) is 2. The van der Waals surface area contributed by atoms with Crippen LogP contribution in [0.25, 0.3) is 0 Å². The number of rotatable bonds is 3. The molecule has 0 spiro atoms. The molecule has 0 bridgehead atoms. The monoisotopic (exact) mass is 331 g/mol. The molecule has 24 heavy (non-hydrogen) atoms. The molecular formula is C17H18FN3O3. The number of nitrogens with one attached hydrogen (secondary N) is 1. The van der Waals surface area contributed by atoms with E-state index in [0.717, 1.165) is 23.7 Å². The van der Waals surface area contributed by atoms with Crippen molar-refractivity contribution >= 4 is 5.91 Å². The molecule has 1 aliphatic carbocycles. The van der Waals surface area contributed by atoms with Gasteiger partial charge in [-0.1, -0.05) is 0 Å². The first-order valence-electron chi connectivity index (χ1n) is 7.68. The van der Waals surface area contributed by atoms with Gasteiger partial charge in [-0.3, -0.25) is 9.59 Å². The first-order valence-corrected chi connectivity index (χ1v) is 7.68. The van der Waals surface area contributed by atoms with Crippen molar-refractivity contribution in [3.8, 4) is 5.75 Å². The number of carbonyl (C=O) groups excluding carboxylic acids is 1. The van der Waals surface area contributed by atoms with Crippen LogP contribution < -0.4 is 15.6 Å². The Morgan fingerprint density at radius 1 is 1.42 bits per heavy atom. The van der Waals surface area contributed by atoms with Gasteiger partial charge < -0.3 is 10.1 Å². The Balaban J connectivity index is 1.72. The van der Waals surface area contributed by atoms with Gasteiger partial charge in [-0.2, -0.15) is 5.10 Å². The molecule has 0 radical (unpaired) electrons. The van der Waals surface area contributed by atoms with Gasteiger partial charge in [0, 0.05) is 24.7 Å². The molecule has 6 nitrogen and oxygen atoms in total. The fourth-order valence-electron chi connectivity index (χ4n) is 2.89. The summed E-state index contributed by atoms with van der Waals surface area (Å²) in [7, 11) is 2.99. The molecular weight excluding hydrogens is 313 g/mol. The van der Waals surface area contributed by atoms with Gasteiger partial charge in [0.15, 0.2) is 11.6 Å². The summed E-state index contributed by atoms with van der Waals surface area (Å²) in [5.41, 5.74) is 1.81. The quantitative estimate of drug-likeness (QED) is 0.918. The fourth-order valence-corrected chi connectivity index (χ4v) is 2.89. The van der Waals surface area contributed by atoms with E-state index in [4.69, 9.17) is 4.74 Å². The molecule has 0 saturated carbocycles. The number of fused-ring (bicyclic) bond motifs is 1. The van der Waals surface area contributed by atoms with E-state index in [-0.39, 0.29) is 28.8 Å². The van der Waals surface area contributed by atoms with E-state index in [1.807, 2.05) is 0 Å². The lowest BCUT2D eigenvalue weighted by Crippen LogP contribution is -2.40. The molecule has 1 atom stereocenters. The average molecular weight is 331 g/mol. The summed E-state index contributed by atoms with van der Waals surface area (Å²) in [6, 6.07) is 5.55. The first-order chi connectivity index (χ1) is 11.5. The fraction of sp³-hybridized carbons (Fsp3) is 0.353.